The van der Waals surface area contributed by atoms with E-state index in [0.29, 0.717) is 0 Å². The minimum absolute atomic E-state index is 0.0479. The first-order valence-electron chi connectivity index (χ1n) is 9.21. The summed E-state index contributed by atoms with van der Waals surface area (Å²) in [4.78, 5) is 13.8. The van der Waals surface area contributed by atoms with Gasteiger partial charge in [0.2, 0.25) is 11.2 Å². The Morgan fingerprint density at radius 1 is 1.10 bits per heavy atom. The molecule has 3 aromatic rings. The molecular formula is C21H21F3NO5+. The van der Waals surface area contributed by atoms with Crippen LogP contribution in [0.2, 0.25) is 0 Å². The second-order valence-corrected chi connectivity index (χ2v) is 6.89. The molecule has 6 nitrogen and oxygen atoms in total. The average molecular weight is 424 g/mol. The molecule has 0 unspecified atom stereocenters. The number of quaternary nitrogens is 1. The highest BCUT2D eigenvalue weighted by atomic mass is 19.4. The molecule has 0 saturated carbocycles. The topological polar surface area (TPSA) is 73.3 Å². The molecule has 0 bridgehead atoms. The fourth-order valence-electron chi connectivity index (χ4n) is 3.01. The molecule has 0 spiro atoms. The van der Waals surface area contributed by atoms with Crippen molar-refractivity contribution in [3.63, 3.8) is 0 Å². The second kappa shape index (κ2) is 8.27. The number of alkyl halides is 3. The van der Waals surface area contributed by atoms with Gasteiger partial charge in [0.05, 0.1) is 31.7 Å². The highest BCUT2D eigenvalue weighted by Crippen LogP contribution is 2.41. The molecule has 2 N–H and O–H groups in total. The van der Waals surface area contributed by atoms with Gasteiger partial charge in [-0.1, -0.05) is 12.1 Å². The first-order valence-corrected chi connectivity index (χ1v) is 9.21. The number of ether oxygens (including phenoxy) is 2. The molecule has 0 amide bonds. The number of aromatic hydroxyl groups is 1. The van der Waals surface area contributed by atoms with Crippen LogP contribution in [0.25, 0.3) is 11.0 Å². The van der Waals surface area contributed by atoms with Crippen molar-refractivity contribution in [2.45, 2.75) is 19.6 Å². The molecule has 0 aliphatic carbocycles. The number of nitrogens with one attached hydrogen (secondary N) is 1. The van der Waals surface area contributed by atoms with E-state index in [1.54, 1.807) is 33.2 Å². The third-order valence-corrected chi connectivity index (χ3v) is 4.25. The van der Waals surface area contributed by atoms with Crippen LogP contribution in [-0.4, -0.2) is 25.8 Å². The summed E-state index contributed by atoms with van der Waals surface area (Å²) in [5.74, 6) is -2.68. The van der Waals surface area contributed by atoms with E-state index in [2.05, 4.69) is 0 Å². The quantitative estimate of drug-likeness (QED) is 0.635. The zero-order valence-corrected chi connectivity index (χ0v) is 16.6. The number of rotatable bonds is 6. The first kappa shape index (κ1) is 21.5. The van der Waals surface area contributed by atoms with Gasteiger partial charge < -0.3 is 23.9 Å². The van der Waals surface area contributed by atoms with Crippen molar-refractivity contribution >= 4 is 11.0 Å². The summed E-state index contributed by atoms with van der Waals surface area (Å²) < 4.78 is 57.3. The minimum atomic E-state index is -5.00. The minimum Gasteiger partial charge on any atom is -0.507 e. The molecule has 0 fully saturated rings. The van der Waals surface area contributed by atoms with Crippen LogP contribution in [0.3, 0.4) is 0 Å². The Hall–Kier alpha value is -3.20. The molecule has 0 radical (unpaired) electrons. The van der Waals surface area contributed by atoms with Crippen molar-refractivity contribution in [2.24, 2.45) is 0 Å². The molecule has 3 rings (SSSR count). The highest BCUT2D eigenvalue weighted by Gasteiger charge is 2.41. The van der Waals surface area contributed by atoms with E-state index in [0.717, 1.165) is 4.90 Å². The van der Waals surface area contributed by atoms with Crippen LogP contribution in [0.1, 0.15) is 18.2 Å². The Balaban J connectivity index is 2.28. The van der Waals surface area contributed by atoms with Crippen LogP contribution in [0.5, 0.6) is 23.0 Å². The Labute approximate surface area is 170 Å². The maximum Gasteiger partial charge on any atom is 0.453 e. The number of benzene rings is 2. The van der Waals surface area contributed by atoms with E-state index in [9.17, 15) is 23.1 Å². The lowest BCUT2D eigenvalue weighted by Crippen LogP contribution is -3.04. The van der Waals surface area contributed by atoms with Crippen molar-refractivity contribution in [1.82, 2.24) is 0 Å². The second-order valence-electron chi connectivity index (χ2n) is 6.89. The molecule has 160 valence electrons. The number of halogens is 3. The van der Waals surface area contributed by atoms with E-state index < -0.39 is 23.1 Å². The van der Waals surface area contributed by atoms with E-state index in [1.165, 1.54) is 24.3 Å². The lowest BCUT2D eigenvalue weighted by molar-refractivity contribution is -0.872. The van der Waals surface area contributed by atoms with Gasteiger partial charge in [-0.25, -0.2) is 0 Å². The number of hydrogen-bond donors (Lipinski definition) is 2. The monoisotopic (exact) mass is 424 g/mol. The van der Waals surface area contributed by atoms with E-state index in [1.807, 2.05) is 0 Å². The van der Waals surface area contributed by atoms with Crippen molar-refractivity contribution in [3.05, 3.63) is 57.9 Å². The van der Waals surface area contributed by atoms with Gasteiger partial charge in [0.25, 0.3) is 5.76 Å². The molecule has 1 aromatic heterocycles. The lowest BCUT2D eigenvalue weighted by Gasteiger charge is -2.17. The molecule has 9 heteroatoms. The van der Waals surface area contributed by atoms with Gasteiger partial charge >= 0.3 is 6.18 Å². The fourth-order valence-corrected chi connectivity index (χ4v) is 3.01. The van der Waals surface area contributed by atoms with E-state index >= 15 is 0 Å². The number of phenols is 1. The molecular weight excluding hydrogens is 403 g/mol. The van der Waals surface area contributed by atoms with E-state index in [-0.39, 0.29) is 46.9 Å². The van der Waals surface area contributed by atoms with Gasteiger partial charge in [0, 0.05) is 0 Å². The molecule has 0 aliphatic heterocycles. The summed E-state index contributed by atoms with van der Waals surface area (Å²) >= 11 is 0. The zero-order valence-electron chi connectivity index (χ0n) is 16.6. The van der Waals surface area contributed by atoms with Crippen LogP contribution in [0, 0.1) is 0 Å². The molecule has 1 heterocycles. The number of fused-ring (bicyclic) bond motifs is 1. The number of para-hydroxylation sites is 2. The molecule has 0 atom stereocenters. The van der Waals surface area contributed by atoms with Crippen molar-refractivity contribution in [1.29, 1.82) is 0 Å². The van der Waals surface area contributed by atoms with Crippen molar-refractivity contribution in [3.8, 4) is 23.0 Å². The fraction of sp³-hybridized carbons (Fsp3) is 0.286. The summed E-state index contributed by atoms with van der Waals surface area (Å²) in [6.45, 7) is 2.12. The molecule has 30 heavy (non-hydrogen) atoms. The maximum atomic E-state index is 13.8. The normalized spacial score (nSPS) is 11.8. The van der Waals surface area contributed by atoms with Gasteiger partial charge in [-0.3, -0.25) is 4.79 Å². The summed E-state index contributed by atoms with van der Waals surface area (Å²) in [7, 11) is 3.51. The Bertz CT molecular complexity index is 1120. The summed E-state index contributed by atoms with van der Waals surface area (Å²) in [5, 5.41) is 10.0. The van der Waals surface area contributed by atoms with Gasteiger partial charge in [0.15, 0.2) is 17.1 Å². The first-order chi connectivity index (χ1) is 14.1. The zero-order chi connectivity index (χ0) is 22.1. The van der Waals surface area contributed by atoms with Gasteiger partial charge in [-0.05, 0) is 31.2 Å². The van der Waals surface area contributed by atoms with Crippen LogP contribution in [0.15, 0.2) is 45.6 Å². The Kier molecular flexibility index (Phi) is 5.93. The van der Waals surface area contributed by atoms with Crippen molar-refractivity contribution < 1.29 is 37.1 Å². The van der Waals surface area contributed by atoms with Crippen LogP contribution < -0.4 is 19.8 Å². The Morgan fingerprint density at radius 2 is 1.77 bits per heavy atom. The van der Waals surface area contributed by atoms with Crippen LogP contribution >= 0.6 is 0 Å². The number of phenolic OH excluding ortho intramolecular Hbond substituents is 1. The van der Waals surface area contributed by atoms with E-state index in [4.69, 9.17) is 13.9 Å². The molecule has 2 aromatic carbocycles. The highest BCUT2D eigenvalue weighted by molar-refractivity contribution is 5.83. The number of hydrogen-bond acceptors (Lipinski definition) is 5. The largest absolute Gasteiger partial charge is 0.507 e. The maximum absolute atomic E-state index is 13.8. The standard InChI is InChI=1S/C21H20F3NO5/c1-4-28-15-7-5-6-8-16(15)29-19-17(27)12-9-10-14(26)13(11-25(2)3)18(12)30-20(19)21(22,23)24/h5-10,26H,4,11H2,1-3H3/p+1. The smallest absolute Gasteiger partial charge is 0.453 e. The summed E-state index contributed by atoms with van der Waals surface area (Å²) in [5.41, 5.74) is -1.21. The molecule has 0 saturated heterocycles. The van der Waals surface area contributed by atoms with Crippen LogP contribution in [-0.2, 0) is 12.7 Å². The van der Waals surface area contributed by atoms with Gasteiger partial charge in [-0.2, -0.15) is 13.2 Å². The Morgan fingerprint density at radius 3 is 2.37 bits per heavy atom. The predicted octanol–water partition coefficient (Wildman–Crippen LogP) is 3.35. The lowest BCUT2D eigenvalue weighted by atomic mass is 10.1. The predicted molar refractivity (Wildman–Crippen MR) is 103 cm³/mol. The van der Waals surface area contributed by atoms with Crippen LogP contribution in [0.4, 0.5) is 13.2 Å². The van der Waals surface area contributed by atoms with Gasteiger partial charge in [0.1, 0.15) is 12.3 Å². The summed E-state index contributed by atoms with van der Waals surface area (Å²) in [6.07, 6.45) is -5.00. The third kappa shape index (κ3) is 4.20. The van der Waals surface area contributed by atoms with Gasteiger partial charge in [-0.15, -0.1) is 0 Å². The average Bonchev–Trinajstić information content (AvgIpc) is 2.66. The van der Waals surface area contributed by atoms with Crippen molar-refractivity contribution in [2.75, 3.05) is 20.7 Å². The summed E-state index contributed by atoms with van der Waals surface area (Å²) in [6, 6.07) is 8.56. The SMILES string of the molecule is CCOc1ccccc1Oc1c(C(F)(F)F)oc2c(C[NH+](C)C)c(O)ccc2c1=O. The molecule has 0 aliphatic rings. The third-order valence-electron chi connectivity index (χ3n) is 4.25.